The first kappa shape index (κ1) is 21.3. The van der Waals surface area contributed by atoms with Crippen molar-refractivity contribution in [1.82, 2.24) is 20.4 Å². The van der Waals surface area contributed by atoms with Gasteiger partial charge in [-0.05, 0) is 31.9 Å². The summed E-state index contributed by atoms with van der Waals surface area (Å²) in [6.45, 7) is 7.02. The van der Waals surface area contributed by atoms with Gasteiger partial charge in [0.2, 0.25) is 5.91 Å². The highest BCUT2D eigenvalue weighted by Gasteiger charge is 2.25. The Hall–Kier alpha value is -2.42. The number of carbonyl (C=O) groups is 1. The number of guanidine groups is 1. The van der Waals surface area contributed by atoms with Crippen molar-refractivity contribution in [2.75, 3.05) is 52.4 Å². The van der Waals surface area contributed by atoms with Crippen LogP contribution in [0.3, 0.4) is 0 Å². The van der Waals surface area contributed by atoms with E-state index in [1.165, 1.54) is 6.07 Å². The first-order valence-corrected chi connectivity index (χ1v) is 10.2. The maximum atomic E-state index is 13.2. The summed E-state index contributed by atoms with van der Waals surface area (Å²) in [6.07, 6.45) is 2.20. The largest absolute Gasteiger partial charge is 0.492 e. The molecule has 1 saturated heterocycles. The van der Waals surface area contributed by atoms with Crippen LogP contribution < -0.4 is 15.4 Å². The summed E-state index contributed by atoms with van der Waals surface area (Å²) in [7, 11) is 0. The molecule has 0 unspecified atom stereocenters. The number of halogens is 2. The van der Waals surface area contributed by atoms with Crippen LogP contribution in [0.5, 0.6) is 5.75 Å². The number of rotatable bonds is 8. The van der Waals surface area contributed by atoms with Crippen molar-refractivity contribution in [3.05, 3.63) is 29.8 Å². The highest BCUT2D eigenvalue weighted by atomic mass is 19.2. The molecule has 1 amide bonds. The summed E-state index contributed by atoms with van der Waals surface area (Å²) >= 11 is 0. The van der Waals surface area contributed by atoms with Crippen LogP contribution in [0, 0.1) is 11.6 Å². The Kier molecular flexibility index (Phi) is 7.62. The first-order chi connectivity index (χ1) is 14.0. The predicted octanol–water partition coefficient (Wildman–Crippen LogP) is 1.21. The minimum Gasteiger partial charge on any atom is -0.492 e. The highest BCUT2D eigenvalue weighted by molar-refractivity contribution is 5.80. The van der Waals surface area contributed by atoms with Crippen molar-refractivity contribution < 1.29 is 18.3 Å². The van der Waals surface area contributed by atoms with E-state index in [0.717, 1.165) is 63.7 Å². The van der Waals surface area contributed by atoms with Gasteiger partial charge in [0.05, 0.1) is 13.1 Å². The van der Waals surface area contributed by atoms with Gasteiger partial charge in [0.15, 0.2) is 17.6 Å². The van der Waals surface area contributed by atoms with Crippen LogP contribution in [-0.2, 0) is 4.79 Å². The lowest BCUT2D eigenvalue weighted by Gasteiger charge is -2.36. The van der Waals surface area contributed by atoms with Crippen molar-refractivity contribution in [3.63, 3.8) is 0 Å². The van der Waals surface area contributed by atoms with Crippen LogP contribution in [0.1, 0.15) is 19.8 Å². The molecule has 1 saturated carbocycles. The Balaban J connectivity index is 1.42. The number of carbonyl (C=O) groups excluding carboxylic acids is 1. The number of nitrogens with one attached hydrogen (secondary N) is 2. The number of aliphatic imine (C=N–C) groups is 1. The van der Waals surface area contributed by atoms with Gasteiger partial charge in [0.1, 0.15) is 12.4 Å². The topological polar surface area (TPSA) is 69.2 Å². The van der Waals surface area contributed by atoms with Crippen molar-refractivity contribution >= 4 is 11.9 Å². The lowest BCUT2D eigenvalue weighted by Crippen LogP contribution is -2.54. The van der Waals surface area contributed by atoms with E-state index in [2.05, 4.69) is 25.4 Å². The summed E-state index contributed by atoms with van der Waals surface area (Å²) in [5.41, 5.74) is 0. The summed E-state index contributed by atoms with van der Waals surface area (Å²) in [5, 5.41) is 6.29. The van der Waals surface area contributed by atoms with E-state index in [0.29, 0.717) is 19.1 Å². The molecule has 0 spiro atoms. The third-order valence-electron chi connectivity index (χ3n) is 4.83. The van der Waals surface area contributed by atoms with E-state index < -0.39 is 11.6 Å². The Morgan fingerprint density at radius 2 is 1.97 bits per heavy atom. The van der Waals surface area contributed by atoms with Crippen LogP contribution >= 0.6 is 0 Å². The SMILES string of the molecule is CCNC(=NCCOc1ccc(F)c(F)c1)N1CCN(CC(=O)NC2CC2)CC1. The smallest absolute Gasteiger partial charge is 0.234 e. The molecular formula is C20H29F2N5O2. The standard InChI is InChI=1S/C20H29F2N5O2/c1-2-23-20(24-7-12-29-16-5-6-17(21)18(22)13-16)27-10-8-26(9-11-27)14-19(28)25-15-3-4-15/h5-6,13,15H,2-4,7-12,14H2,1H3,(H,23,24)(H,25,28). The molecule has 9 heteroatoms. The highest BCUT2D eigenvalue weighted by Crippen LogP contribution is 2.18. The molecule has 7 nitrogen and oxygen atoms in total. The van der Waals surface area contributed by atoms with Crippen LogP contribution in [0.4, 0.5) is 8.78 Å². The van der Waals surface area contributed by atoms with Gasteiger partial charge in [-0.3, -0.25) is 9.69 Å². The Morgan fingerprint density at radius 3 is 2.62 bits per heavy atom. The molecule has 2 aliphatic rings. The van der Waals surface area contributed by atoms with Gasteiger partial charge < -0.3 is 20.3 Å². The Bertz CT molecular complexity index is 719. The molecule has 1 aromatic rings. The number of benzene rings is 1. The molecule has 2 fully saturated rings. The lowest BCUT2D eigenvalue weighted by molar-refractivity contribution is -0.122. The maximum absolute atomic E-state index is 13.2. The molecule has 1 aliphatic heterocycles. The van der Waals surface area contributed by atoms with Gasteiger partial charge in [-0.2, -0.15) is 0 Å². The Morgan fingerprint density at radius 1 is 1.21 bits per heavy atom. The van der Waals surface area contributed by atoms with Gasteiger partial charge in [0, 0.05) is 44.8 Å². The fourth-order valence-corrected chi connectivity index (χ4v) is 3.13. The second-order valence-electron chi connectivity index (χ2n) is 7.27. The first-order valence-electron chi connectivity index (χ1n) is 10.2. The number of piperazine rings is 1. The second-order valence-corrected chi connectivity index (χ2v) is 7.27. The second kappa shape index (κ2) is 10.4. The number of hydrogen-bond acceptors (Lipinski definition) is 4. The average Bonchev–Trinajstić information content (AvgIpc) is 3.51. The van der Waals surface area contributed by atoms with Crippen LogP contribution in [0.2, 0.25) is 0 Å². The Labute approximate surface area is 170 Å². The number of nitrogens with zero attached hydrogens (tertiary/aromatic N) is 3. The lowest BCUT2D eigenvalue weighted by atomic mass is 10.3. The third-order valence-corrected chi connectivity index (χ3v) is 4.83. The van der Waals surface area contributed by atoms with Crippen molar-refractivity contribution in [3.8, 4) is 5.75 Å². The quantitative estimate of drug-likeness (QED) is 0.384. The molecule has 0 bridgehead atoms. The molecule has 0 atom stereocenters. The van der Waals surface area contributed by atoms with E-state index in [1.807, 2.05) is 6.92 Å². The fourth-order valence-electron chi connectivity index (χ4n) is 3.13. The van der Waals surface area contributed by atoms with Gasteiger partial charge >= 0.3 is 0 Å². The molecule has 3 rings (SSSR count). The van der Waals surface area contributed by atoms with E-state index in [-0.39, 0.29) is 18.3 Å². The van der Waals surface area contributed by atoms with Crippen LogP contribution in [0.15, 0.2) is 23.2 Å². The minimum absolute atomic E-state index is 0.107. The molecule has 160 valence electrons. The predicted molar refractivity (Wildman–Crippen MR) is 107 cm³/mol. The van der Waals surface area contributed by atoms with E-state index in [1.54, 1.807) is 0 Å². The van der Waals surface area contributed by atoms with Gasteiger partial charge in [-0.25, -0.2) is 13.8 Å². The van der Waals surface area contributed by atoms with Crippen LogP contribution in [0.25, 0.3) is 0 Å². The zero-order valence-electron chi connectivity index (χ0n) is 16.8. The van der Waals surface area contributed by atoms with Gasteiger partial charge in [-0.1, -0.05) is 0 Å². The molecule has 29 heavy (non-hydrogen) atoms. The zero-order chi connectivity index (χ0) is 20.6. The third kappa shape index (κ3) is 6.85. The number of amides is 1. The van der Waals surface area contributed by atoms with Crippen LogP contribution in [-0.4, -0.2) is 80.1 Å². The molecule has 1 heterocycles. The normalized spacial score (nSPS) is 17.9. The van der Waals surface area contributed by atoms with E-state index >= 15 is 0 Å². The van der Waals surface area contributed by atoms with Crippen molar-refractivity contribution in [2.24, 2.45) is 4.99 Å². The van der Waals surface area contributed by atoms with Gasteiger partial charge in [-0.15, -0.1) is 0 Å². The monoisotopic (exact) mass is 409 g/mol. The summed E-state index contributed by atoms with van der Waals surface area (Å²) in [6, 6.07) is 3.86. The molecule has 2 N–H and O–H groups in total. The molecular weight excluding hydrogens is 380 g/mol. The summed E-state index contributed by atoms with van der Waals surface area (Å²) in [5.74, 6) is -0.640. The summed E-state index contributed by atoms with van der Waals surface area (Å²) in [4.78, 5) is 20.8. The molecule has 1 aliphatic carbocycles. The van der Waals surface area contributed by atoms with E-state index in [9.17, 15) is 13.6 Å². The zero-order valence-corrected chi connectivity index (χ0v) is 16.8. The number of hydrogen-bond donors (Lipinski definition) is 2. The van der Waals surface area contributed by atoms with E-state index in [4.69, 9.17) is 4.74 Å². The average molecular weight is 409 g/mol. The van der Waals surface area contributed by atoms with Crippen molar-refractivity contribution in [1.29, 1.82) is 0 Å². The van der Waals surface area contributed by atoms with Crippen molar-refractivity contribution in [2.45, 2.75) is 25.8 Å². The minimum atomic E-state index is -0.928. The fraction of sp³-hybridized carbons (Fsp3) is 0.600. The summed E-state index contributed by atoms with van der Waals surface area (Å²) < 4.78 is 31.6. The maximum Gasteiger partial charge on any atom is 0.234 e. The molecule has 1 aromatic carbocycles. The molecule has 0 radical (unpaired) electrons. The van der Waals surface area contributed by atoms with Gasteiger partial charge in [0.25, 0.3) is 0 Å². The molecule has 0 aromatic heterocycles. The number of ether oxygens (including phenoxy) is 1.